The summed E-state index contributed by atoms with van der Waals surface area (Å²) in [5.74, 6) is 0. The van der Waals surface area contributed by atoms with Crippen molar-refractivity contribution in [3.05, 3.63) is 33.2 Å². The van der Waals surface area contributed by atoms with Crippen LogP contribution in [0.1, 0.15) is 16.7 Å². The lowest BCUT2D eigenvalue weighted by Gasteiger charge is -2.26. The molecule has 0 radical (unpaired) electrons. The predicted octanol–water partition coefficient (Wildman–Crippen LogP) is 0.682. The summed E-state index contributed by atoms with van der Waals surface area (Å²) in [5, 5.41) is 0. The van der Waals surface area contributed by atoms with Crippen LogP contribution >= 0.6 is 0 Å². The van der Waals surface area contributed by atoms with Gasteiger partial charge < -0.3 is 9.47 Å². The Morgan fingerprint density at radius 2 is 2.00 bits per heavy atom. The minimum absolute atomic E-state index is 0.179. The van der Waals surface area contributed by atoms with Gasteiger partial charge in [0.1, 0.15) is 0 Å². The van der Waals surface area contributed by atoms with E-state index < -0.39 is 0 Å². The van der Waals surface area contributed by atoms with Crippen LogP contribution in [-0.4, -0.2) is 23.1 Å². The minimum Gasteiger partial charge on any atom is -0.318 e. The molecular weight excluding hydrogens is 176 g/mol. The van der Waals surface area contributed by atoms with Crippen LogP contribution in [0.4, 0.5) is 0 Å². The molecule has 1 aromatic rings. The van der Waals surface area contributed by atoms with Gasteiger partial charge in [0.15, 0.2) is 0 Å². The van der Waals surface area contributed by atoms with Gasteiger partial charge in [-0.15, -0.1) is 0 Å². The van der Waals surface area contributed by atoms with Gasteiger partial charge in [-0.2, -0.15) is 0 Å². The molecule has 2 rings (SSSR count). The van der Waals surface area contributed by atoms with Gasteiger partial charge in [0.05, 0.1) is 0 Å². The van der Waals surface area contributed by atoms with Crippen molar-refractivity contribution in [2.24, 2.45) is 7.05 Å². The summed E-state index contributed by atoms with van der Waals surface area (Å²) in [5.41, 5.74) is 3.67. The zero-order chi connectivity index (χ0) is 10.3. The summed E-state index contributed by atoms with van der Waals surface area (Å²) >= 11 is 0. The lowest BCUT2D eigenvalue weighted by molar-refractivity contribution is 0.310. The zero-order valence-corrected chi connectivity index (χ0v) is 9.00. The molecule has 1 aliphatic rings. The molecule has 0 atom stereocenters. The molecule has 76 valence electrons. The van der Waals surface area contributed by atoms with E-state index in [9.17, 15) is 4.79 Å². The van der Waals surface area contributed by atoms with Gasteiger partial charge in [-0.05, 0) is 31.5 Å². The summed E-state index contributed by atoms with van der Waals surface area (Å²) in [4.78, 5) is 14.1. The minimum atomic E-state index is 0.179. The van der Waals surface area contributed by atoms with E-state index in [0.29, 0.717) is 0 Å². The second kappa shape index (κ2) is 3.24. The highest BCUT2D eigenvalue weighted by atomic mass is 16.1. The highest BCUT2D eigenvalue weighted by Gasteiger charge is 2.18. The first-order valence-corrected chi connectivity index (χ1v) is 4.96. The zero-order valence-electron chi connectivity index (χ0n) is 9.00. The maximum absolute atomic E-state index is 11.8. The van der Waals surface area contributed by atoms with Gasteiger partial charge >= 0.3 is 0 Å². The van der Waals surface area contributed by atoms with E-state index in [1.165, 1.54) is 11.1 Å². The molecule has 1 aromatic heterocycles. The standard InChI is InChI=1S/C11H16N2O/c1-8-6-13(3)11(14)9-4-5-12(2)7-10(8)9/h6H,4-5,7H2,1-3H3. The number of nitrogens with zero attached hydrogens (tertiary/aromatic N) is 2. The van der Waals surface area contributed by atoms with Gasteiger partial charge in [-0.25, -0.2) is 0 Å². The van der Waals surface area contributed by atoms with Crippen LogP contribution in [0.15, 0.2) is 11.0 Å². The highest BCUT2D eigenvalue weighted by molar-refractivity contribution is 5.33. The van der Waals surface area contributed by atoms with Crippen molar-refractivity contribution in [3.8, 4) is 0 Å². The molecule has 3 heteroatoms. The Hall–Kier alpha value is -1.09. The summed E-state index contributed by atoms with van der Waals surface area (Å²) in [6, 6.07) is 0. The molecule has 0 N–H and O–H groups in total. The lowest BCUT2D eigenvalue weighted by Crippen LogP contribution is -2.34. The molecule has 0 saturated heterocycles. The molecule has 0 unspecified atom stereocenters. The Morgan fingerprint density at radius 1 is 1.29 bits per heavy atom. The summed E-state index contributed by atoms with van der Waals surface area (Å²) in [6.07, 6.45) is 2.82. The van der Waals surface area contributed by atoms with Gasteiger partial charge in [0.25, 0.3) is 5.56 Å². The number of pyridine rings is 1. The Balaban J connectivity index is 2.63. The maximum Gasteiger partial charge on any atom is 0.253 e. The van der Waals surface area contributed by atoms with Crippen molar-refractivity contribution in [1.82, 2.24) is 9.47 Å². The van der Waals surface area contributed by atoms with Crippen LogP contribution in [0, 0.1) is 6.92 Å². The largest absolute Gasteiger partial charge is 0.318 e. The van der Waals surface area contributed by atoms with Crippen LogP contribution in [0.3, 0.4) is 0 Å². The van der Waals surface area contributed by atoms with Crippen molar-refractivity contribution in [3.63, 3.8) is 0 Å². The van der Waals surface area contributed by atoms with Crippen molar-refractivity contribution in [1.29, 1.82) is 0 Å². The van der Waals surface area contributed by atoms with Crippen LogP contribution in [0.25, 0.3) is 0 Å². The first-order chi connectivity index (χ1) is 6.59. The fraction of sp³-hybridized carbons (Fsp3) is 0.545. The predicted molar refractivity (Wildman–Crippen MR) is 56.5 cm³/mol. The highest BCUT2D eigenvalue weighted by Crippen LogP contribution is 2.17. The van der Waals surface area contributed by atoms with Gasteiger partial charge in [0.2, 0.25) is 0 Å². The molecular formula is C11H16N2O. The van der Waals surface area contributed by atoms with Crippen molar-refractivity contribution in [2.45, 2.75) is 19.9 Å². The fourth-order valence-corrected chi connectivity index (χ4v) is 2.14. The Labute approximate surface area is 84.0 Å². The smallest absolute Gasteiger partial charge is 0.253 e. The normalized spacial score (nSPS) is 16.8. The second-order valence-corrected chi connectivity index (χ2v) is 4.17. The monoisotopic (exact) mass is 192 g/mol. The average molecular weight is 192 g/mol. The van der Waals surface area contributed by atoms with Gasteiger partial charge in [0, 0.05) is 31.9 Å². The van der Waals surface area contributed by atoms with Gasteiger partial charge in [-0.1, -0.05) is 0 Å². The van der Waals surface area contributed by atoms with Gasteiger partial charge in [-0.3, -0.25) is 4.79 Å². The van der Waals surface area contributed by atoms with Crippen LogP contribution in [0.2, 0.25) is 0 Å². The lowest BCUT2D eigenvalue weighted by atomic mass is 9.98. The Kier molecular flexibility index (Phi) is 2.19. The first-order valence-electron chi connectivity index (χ1n) is 4.96. The van der Waals surface area contributed by atoms with E-state index in [0.717, 1.165) is 25.1 Å². The van der Waals surface area contributed by atoms with E-state index in [2.05, 4.69) is 18.9 Å². The fourth-order valence-electron chi connectivity index (χ4n) is 2.14. The quantitative estimate of drug-likeness (QED) is 0.604. The SMILES string of the molecule is Cc1cn(C)c(=O)c2c1CN(C)CC2. The van der Waals surface area contributed by atoms with Crippen molar-refractivity contribution >= 4 is 0 Å². The third-order valence-corrected chi connectivity index (χ3v) is 2.98. The Bertz CT molecular complexity index is 420. The molecule has 1 aliphatic heterocycles. The Morgan fingerprint density at radius 3 is 2.71 bits per heavy atom. The second-order valence-electron chi connectivity index (χ2n) is 4.17. The number of rotatable bonds is 0. The third-order valence-electron chi connectivity index (χ3n) is 2.98. The number of aromatic nitrogens is 1. The molecule has 0 amide bonds. The number of aryl methyl sites for hydroxylation is 2. The molecule has 0 fully saturated rings. The molecule has 0 aliphatic carbocycles. The van der Waals surface area contributed by atoms with E-state index in [-0.39, 0.29) is 5.56 Å². The molecule has 0 bridgehead atoms. The molecule has 0 aromatic carbocycles. The number of likely N-dealkylation sites (N-methyl/N-ethyl adjacent to an activating group) is 1. The first kappa shape index (κ1) is 9.46. The van der Waals surface area contributed by atoms with E-state index in [1.807, 2.05) is 13.2 Å². The molecule has 14 heavy (non-hydrogen) atoms. The topological polar surface area (TPSA) is 25.2 Å². The summed E-state index contributed by atoms with van der Waals surface area (Å²) in [6.45, 7) is 3.99. The van der Waals surface area contributed by atoms with Crippen molar-refractivity contribution < 1.29 is 0 Å². The van der Waals surface area contributed by atoms with Crippen LogP contribution < -0.4 is 5.56 Å². The molecule has 0 saturated carbocycles. The molecule has 2 heterocycles. The van der Waals surface area contributed by atoms with Crippen LogP contribution in [0.5, 0.6) is 0 Å². The van der Waals surface area contributed by atoms with Crippen molar-refractivity contribution in [2.75, 3.05) is 13.6 Å². The number of hydrogen-bond acceptors (Lipinski definition) is 2. The van der Waals surface area contributed by atoms with E-state index >= 15 is 0 Å². The number of hydrogen-bond donors (Lipinski definition) is 0. The average Bonchev–Trinajstić information content (AvgIpc) is 2.14. The molecule has 3 nitrogen and oxygen atoms in total. The number of fused-ring (bicyclic) bond motifs is 1. The van der Waals surface area contributed by atoms with E-state index in [1.54, 1.807) is 4.57 Å². The van der Waals surface area contributed by atoms with Crippen LogP contribution in [-0.2, 0) is 20.0 Å². The summed E-state index contributed by atoms with van der Waals surface area (Å²) < 4.78 is 1.69. The third kappa shape index (κ3) is 1.38. The maximum atomic E-state index is 11.8. The van der Waals surface area contributed by atoms with E-state index in [4.69, 9.17) is 0 Å². The molecule has 0 spiro atoms. The summed E-state index contributed by atoms with van der Waals surface area (Å²) in [7, 11) is 3.92.